The van der Waals surface area contributed by atoms with Gasteiger partial charge in [0.1, 0.15) is 12.4 Å². The zero-order valence-corrected chi connectivity index (χ0v) is 10.7. The van der Waals surface area contributed by atoms with Crippen molar-refractivity contribution in [1.82, 2.24) is 0 Å². The van der Waals surface area contributed by atoms with Gasteiger partial charge in [-0.25, -0.2) is 9.18 Å². The highest BCUT2D eigenvalue weighted by Gasteiger charge is 2.34. The van der Waals surface area contributed by atoms with E-state index in [-0.39, 0.29) is 12.6 Å². The van der Waals surface area contributed by atoms with E-state index in [4.69, 9.17) is 9.47 Å². The molecule has 1 aliphatic rings. The van der Waals surface area contributed by atoms with Gasteiger partial charge >= 0.3 is 6.09 Å². The molecular weight excluding hydrogens is 293 g/mol. The summed E-state index contributed by atoms with van der Waals surface area (Å²) in [4.78, 5) is 13.0. The summed E-state index contributed by atoms with van der Waals surface area (Å²) in [6.45, 7) is 0.605. The van der Waals surface area contributed by atoms with Crippen LogP contribution < -0.4 is 4.90 Å². The Bertz CT molecular complexity index is 441. The third kappa shape index (κ3) is 2.42. The Hall–Kier alpha value is -1.14. The van der Waals surface area contributed by atoms with E-state index in [1.54, 1.807) is 19.2 Å². The molecule has 1 amide bonds. The predicted molar refractivity (Wildman–Crippen MR) is 63.6 cm³/mol. The number of halogens is 2. The van der Waals surface area contributed by atoms with Crippen LogP contribution in [-0.4, -0.2) is 32.5 Å². The number of cyclic esters (lactones) is 1. The largest absolute Gasteiger partial charge is 0.447 e. The molecule has 1 fully saturated rings. The van der Waals surface area contributed by atoms with Crippen molar-refractivity contribution in [3.63, 3.8) is 0 Å². The van der Waals surface area contributed by atoms with Crippen molar-refractivity contribution in [3.8, 4) is 0 Å². The topological polar surface area (TPSA) is 38.8 Å². The van der Waals surface area contributed by atoms with Crippen LogP contribution in [-0.2, 0) is 9.47 Å². The van der Waals surface area contributed by atoms with Crippen molar-refractivity contribution >= 4 is 27.7 Å². The van der Waals surface area contributed by atoms with Crippen LogP contribution >= 0.6 is 15.9 Å². The first kappa shape index (κ1) is 12.3. The van der Waals surface area contributed by atoms with Crippen LogP contribution in [0.15, 0.2) is 22.7 Å². The number of carbonyl (C=O) groups is 1. The molecule has 0 saturated carbocycles. The highest BCUT2D eigenvalue weighted by molar-refractivity contribution is 9.10. The lowest BCUT2D eigenvalue weighted by molar-refractivity contribution is 0.157. The Morgan fingerprint density at radius 1 is 1.65 bits per heavy atom. The lowest BCUT2D eigenvalue weighted by Gasteiger charge is -2.20. The summed E-state index contributed by atoms with van der Waals surface area (Å²) in [5, 5.41) is 0. The summed E-state index contributed by atoms with van der Waals surface area (Å²) >= 11 is 3.06. The molecule has 1 atom stereocenters. The third-order valence-electron chi connectivity index (χ3n) is 2.50. The molecule has 6 heteroatoms. The Balaban J connectivity index is 2.29. The second-order valence-electron chi connectivity index (χ2n) is 3.65. The minimum Gasteiger partial charge on any atom is -0.447 e. The Kier molecular flexibility index (Phi) is 3.63. The van der Waals surface area contributed by atoms with Crippen molar-refractivity contribution in [2.75, 3.05) is 25.2 Å². The van der Waals surface area contributed by atoms with Crippen molar-refractivity contribution in [2.24, 2.45) is 0 Å². The Morgan fingerprint density at radius 2 is 2.41 bits per heavy atom. The maximum atomic E-state index is 13.4. The summed E-state index contributed by atoms with van der Waals surface area (Å²) in [5.74, 6) is -0.418. The molecule has 0 bridgehead atoms. The lowest BCUT2D eigenvalue weighted by atomic mass is 10.2. The maximum absolute atomic E-state index is 13.4. The molecule has 0 aromatic heterocycles. The van der Waals surface area contributed by atoms with Gasteiger partial charge in [0.05, 0.1) is 22.8 Å². The van der Waals surface area contributed by atoms with E-state index < -0.39 is 11.9 Å². The number of carbonyl (C=O) groups excluding carboxylic acids is 1. The standard InChI is InChI=1S/C11H11BrFNO3/c1-16-5-8-6-17-11(15)14(8)7-2-3-9(12)10(13)4-7/h2-4,8H,5-6H2,1H3. The van der Waals surface area contributed by atoms with Crippen molar-refractivity contribution in [1.29, 1.82) is 0 Å². The van der Waals surface area contributed by atoms with Crippen molar-refractivity contribution in [2.45, 2.75) is 6.04 Å². The van der Waals surface area contributed by atoms with Crippen molar-refractivity contribution < 1.29 is 18.7 Å². The van der Waals surface area contributed by atoms with Gasteiger partial charge in [0.2, 0.25) is 0 Å². The second-order valence-corrected chi connectivity index (χ2v) is 4.51. The van der Waals surface area contributed by atoms with Crippen molar-refractivity contribution in [3.05, 3.63) is 28.5 Å². The van der Waals surface area contributed by atoms with Gasteiger partial charge in [-0.15, -0.1) is 0 Å². The Labute approximate surface area is 106 Å². The van der Waals surface area contributed by atoms with Crippen LogP contribution in [0, 0.1) is 5.82 Å². The van der Waals surface area contributed by atoms with Crippen LogP contribution in [0.5, 0.6) is 0 Å². The van der Waals surface area contributed by atoms with Gasteiger partial charge in [0, 0.05) is 7.11 Å². The van der Waals surface area contributed by atoms with Gasteiger partial charge in [0.25, 0.3) is 0 Å². The molecule has 0 radical (unpaired) electrons. The van der Waals surface area contributed by atoms with Crippen LogP contribution in [0.1, 0.15) is 0 Å². The van der Waals surface area contributed by atoms with Gasteiger partial charge in [0.15, 0.2) is 0 Å². The highest BCUT2D eigenvalue weighted by atomic mass is 79.9. The third-order valence-corrected chi connectivity index (χ3v) is 3.14. The summed E-state index contributed by atoms with van der Waals surface area (Å²) in [5.41, 5.74) is 0.468. The average molecular weight is 304 g/mol. The van der Waals surface area contributed by atoms with E-state index in [9.17, 15) is 9.18 Å². The van der Waals surface area contributed by atoms with E-state index in [0.717, 1.165) is 0 Å². The molecule has 1 saturated heterocycles. The smallest absolute Gasteiger partial charge is 0.414 e. The molecule has 0 aliphatic carbocycles. The zero-order chi connectivity index (χ0) is 12.4. The molecule has 0 spiro atoms. The number of hydrogen-bond acceptors (Lipinski definition) is 3. The van der Waals surface area contributed by atoms with Gasteiger partial charge in [-0.05, 0) is 34.1 Å². The number of rotatable bonds is 3. The first-order valence-corrected chi connectivity index (χ1v) is 5.82. The van der Waals surface area contributed by atoms with E-state index in [1.165, 1.54) is 11.0 Å². The molecule has 1 aromatic carbocycles. The van der Waals surface area contributed by atoms with Crippen LogP contribution in [0.4, 0.5) is 14.9 Å². The summed E-state index contributed by atoms with van der Waals surface area (Å²) in [6.07, 6.45) is -0.478. The first-order valence-electron chi connectivity index (χ1n) is 5.03. The normalized spacial score (nSPS) is 19.6. The number of anilines is 1. The molecule has 1 aromatic rings. The molecule has 1 aliphatic heterocycles. The molecule has 1 heterocycles. The van der Waals surface area contributed by atoms with Gasteiger partial charge in [-0.2, -0.15) is 0 Å². The summed E-state index contributed by atoms with van der Waals surface area (Å²) < 4.78 is 23.7. The van der Waals surface area contributed by atoms with Crippen LogP contribution in [0.25, 0.3) is 0 Å². The molecular formula is C11H11BrFNO3. The Morgan fingerprint density at radius 3 is 3.06 bits per heavy atom. The van der Waals surface area contributed by atoms with Gasteiger partial charge < -0.3 is 9.47 Å². The number of ether oxygens (including phenoxy) is 2. The summed E-state index contributed by atoms with van der Waals surface area (Å²) in [6, 6.07) is 4.29. The van der Waals surface area contributed by atoms with E-state index in [1.807, 2.05) is 0 Å². The first-order chi connectivity index (χ1) is 8.13. The zero-order valence-electron chi connectivity index (χ0n) is 9.15. The quantitative estimate of drug-likeness (QED) is 0.861. The number of amides is 1. The van der Waals surface area contributed by atoms with Gasteiger partial charge in [-0.3, -0.25) is 4.90 Å². The maximum Gasteiger partial charge on any atom is 0.414 e. The van der Waals surface area contributed by atoms with E-state index in [0.29, 0.717) is 16.8 Å². The minimum absolute atomic E-state index is 0.215. The fraction of sp³-hybridized carbons (Fsp3) is 0.364. The number of hydrogen-bond donors (Lipinski definition) is 0. The molecule has 0 N–H and O–H groups in total. The molecule has 2 rings (SSSR count). The number of nitrogens with zero attached hydrogens (tertiary/aromatic N) is 1. The second kappa shape index (κ2) is 5.01. The fourth-order valence-corrected chi connectivity index (χ4v) is 1.97. The predicted octanol–water partition coefficient (Wildman–Crippen LogP) is 2.56. The molecule has 17 heavy (non-hydrogen) atoms. The minimum atomic E-state index is -0.478. The van der Waals surface area contributed by atoms with Gasteiger partial charge in [-0.1, -0.05) is 0 Å². The van der Waals surface area contributed by atoms with E-state index >= 15 is 0 Å². The fourth-order valence-electron chi connectivity index (χ4n) is 1.73. The van der Waals surface area contributed by atoms with Crippen LogP contribution in [0.3, 0.4) is 0 Å². The summed E-state index contributed by atoms with van der Waals surface area (Å²) in [7, 11) is 1.54. The average Bonchev–Trinajstić information content (AvgIpc) is 2.65. The van der Waals surface area contributed by atoms with E-state index in [2.05, 4.69) is 15.9 Å². The molecule has 4 nitrogen and oxygen atoms in total. The highest BCUT2D eigenvalue weighted by Crippen LogP contribution is 2.27. The lowest BCUT2D eigenvalue weighted by Crippen LogP contribution is -2.36. The van der Waals surface area contributed by atoms with Crippen LogP contribution in [0.2, 0.25) is 0 Å². The number of methoxy groups -OCH3 is 1. The monoisotopic (exact) mass is 303 g/mol. The SMILES string of the molecule is COCC1COC(=O)N1c1ccc(Br)c(F)c1. The molecule has 1 unspecified atom stereocenters. The molecule has 92 valence electrons. The number of benzene rings is 1.